The summed E-state index contributed by atoms with van der Waals surface area (Å²) in [6.07, 6.45) is -4.15. The van der Waals surface area contributed by atoms with E-state index in [1.165, 1.54) is 19.2 Å². The van der Waals surface area contributed by atoms with Crippen LogP contribution in [-0.2, 0) is 4.74 Å². The van der Waals surface area contributed by atoms with E-state index >= 15 is 0 Å². The van der Waals surface area contributed by atoms with Gasteiger partial charge >= 0.3 is 6.36 Å². The van der Waals surface area contributed by atoms with Gasteiger partial charge in [0, 0.05) is 5.56 Å². The lowest BCUT2D eigenvalue weighted by atomic mass is 10.2. The Morgan fingerprint density at radius 2 is 2.00 bits per heavy atom. The van der Waals surface area contributed by atoms with Crippen LogP contribution in [0.25, 0.3) is 0 Å². The highest BCUT2D eigenvalue weighted by Gasteiger charge is 2.28. The normalized spacial score (nSPS) is 11.2. The fourth-order valence-corrected chi connectivity index (χ4v) is 1.52. The Kier molecular flexibility index (Phi) is 5.44. The number of carbonyl (C=O) groups is 1. The van der Waals surface area contributed by atoms with E-state index in [-0.39, 0.29) is 28.7 Å². The fourth-order valence-electron chi connectivity index (χ4n) is 1.25. The third-order valence-corrected chi connectivity index (χ3v) is 2.26. The van der Waals surface area contributed by atoms with E-state index in [0.717, 1.165) is 0 Å². The van der Waals surface area contributed by atoms with Crippen LogP contribution in [0.15, 0.2) is 12.1 Å². The van der Waals surface area contributed by atoms with Crippen LogP contribution >= 0.6 is 11.6 Å². The van der Waals surface area contributed by atoms with Gasteiger partial charge in [-0.25, -0.2) is 0 Å². The number of ether oxygens (including phenoxy) is 3. The van der Waals surface area contributed by atoms with Crippen molar-refractivity contribution in [1.29, 1.82) is 0 Å². The summed E-state index contributed by atoms with van der Waals surface area (Å²) in [5, 5.41) is 0.0634. The molecular weight excluding hydrogens is 289 g/mol. The molecule has 0 bridgehead atoms. The van der Waals surface area contributed by atoms with Gasteiger partial charge in [0.05, 0.1) is 18.7 Å². The highest BCUT2D eigenvalue weighted by atomic mass is 35.5. The molecule has 8 heteroatoms. The van der Waals surface area contributed by atoms with Gasteiger partial charge in [0.25, 0.3) is 0 Å². The van der Waals surface area contributed by atoms with Crippen molar-refractivity contribution < 1.29 is 32.2 Å². The minimum Gasteiger partial charge on any atom is -0.493 e. The molecule has 106 valence electrons. The fraction of sp³-hybridized carbons (Fsp3) is 0.364. The van der Waals surface area contributed by atoms with Gasteiger partial charge in [0.2, 0.25) is 0 Å². The molecule has 1 rings (SSSR count). The molecule has 1 aromatic rings. The smallest absolute Gasteiger partial charge is 0.493 e. The maximum Gasteiger partial charge on any atom is 0.522 e. The van der Waals surface area contributed by atoms with Crippen LogP contribution in [0.4, 0.5) is 13.2 Å². The third-order valence-electron chi connectivity index (χ3n) is 1.98. The highest BCUT2D eigenvalue weighted by molar-refractivity contribution is 6.32. The van der Waals surface area contributed by atoms with Crippen molar-refractivity contribution in [2.24, 2.45) is 0 Å². The van der Waals surface area contributed by atoms with Crippen LogP contribution < -0.4 is 9.47 Å². The van der Waals surface area contributed by atoms with Gasteiger partial charge in [-0.15, -0.1) is 13.2 Å². The summed E-state index contributed by atoms with van der Waals surface area (Å²) >= 11 is 5.83. The summed E-state index contributed by atoms with van der Waals surface area (Å²) < 4.78 is 48.7. The lowest BCUT2D eigenvalue weighted by Gasteiger charge is -2.13. The SMILES string of the molecule is COc1cc(C=O)cc(Cl)c1OCCOC(F)(F)F. The largest absolute Gasteiger partial charge is 0.522 e. The first-order chi connectivity index (χ1) is 8.87. The van der Waals surface area contributed by atoms with Crippen molar-refractivity contribution in [2.45, 2.75) is 6.36 Å². The second-order valence-corrected chi connectivity index (χ2v) is 3.70. The molecule has 0 aliphatic carbocycles. The monoisotopic (exact) mass is 298 g/mol. The predicted octanol–water partition coefficient (Wildman–Crippen LogP) is 3.08. The third kappa shape index (κ3) is 4.96. The van der Waals surface area contributed by atoms with Gasteiger partial charge in [0.1, 0.15) is 12.9 Å². The number of hydrogen-bond donors (Lipinski definition) is 0. The van der Waals surface area contributed by atoms with E-state index in [1.54, 1.807) is 0 Å². The number of methoxy groups -OCH3 is 1. The Labute approximate surface area is 112 Å². The Bertz CT molecular complexity index is 448. The molecule has 0 amide bonds. The number of benzene rings is 1. The summed E-state index contributed by atoms with van der Waals surface area (Å²) in [5.41, 5.74) is 0.265. The average Bonchev–Trinajstić information content (AvgIpc) is 2.34. The van der Waals surface area contributed by atoms with E-state index in [9.17, 15) is 18.0 Å². The van der Waals surface area contributed by atoms with Crippen molar-refractivity contribution in [1.82, 2.24) is 0 Å². The van der Waals surface area contributed by atoms with Gasteiger partial charge in [-0.3, -0.25) is 9.53 Å². The summed E-state index contributed by atoms with van der Waals surface area (Å²) in [7, 11) is 1.32. The molecule has 0 fully saturated rings. The zero-order valence-corrected chi connectivity index (χ0v) is 10.5. The van der Waals surface area contributed by atoms with E-state index in [2.05, 4.69) is 4.74 Å². The quantitative estimate of drug-likeness (QED) is 0.598. The molecule has 1 aromatic carbocycles. The van der Waals surface area contributed by atoms with Gasteiger partial charge in [-0.2, -0.15) is 0 Å². The van der Waals surface area contributed by atoms with Crippen LogP contribution in [-0.4, -0.2) is 33.0 Å². The molecule has 0 unspecified atom stereocenters. The summed E-state index contributed by atoms with van der Waals surface area (Å²) in [6.45, 7) is -1.05. The van der Waals surface area contributed by atoms with Crippen molar-refractivity contribution in [3.05, 3.63) is 22.7 Å². The molecule has 0 spiro atoms. The molecule has 0 radical (unpaired) electrons. The zero-order chi connectivity index (χ0) is 14.5. The Balaban J connectivity index is 2.70. The Morgan fingerprint density at radius 1 is 1.32 bits per heavy atom. The molecule has 0 aliphatic rings. The lowest BCUT2D eigenvalue weighted by Crippen LogP contribution is -2.18. The number of carbonyl (C=O) groups excluding carboxylic acids is 1. The molecule has 0 saturated carbocycles. The second kappa shape index (κ2) is 6.63. The summed E-state index contributed by atoms with van der Waals surface area (Å²) in [4.78, 5) is 10.6. The number of aldehydes is 1. The van der Waals surface area contributed by atoms with Crippen LogP contribution in [0.2, 0.25) is 5.02 Å². The first-order valence-electron chi connectivity index (χ1n) is 5.03. The van der Waals surface area contributed by atoms with Crippen molar-refractivity contribution in [2.75, 3.05) is 20.3 Å². The van der Waals surface area contributed by atoms with Gasteiger partial charge in [-0.1, -0.05) is 11.6 Å². The molecule has 0 heterocycles. The van der Waals surface area contributed by atoms with Crippen LogP contribution in [0, 0.1) is 0 Å². The Morgan fingerprint density at radius 3 is 2.53 bits per heavy atom. The van der Waals surface area contributed by atoms with Crippen LogP contribution in [0.5, 0.6) is 11.5 Å². The topological polar surface area (TPSA) is 44.8 Å². The highest BCUT2D eigenvalue weighted by Crippen LogP contribution is 2.36. The van der Waals surface area contributed by atoms with E-state index in [1.807, 2.05) is 0 Å². The minimum atomic E-state index is -4.71. The summed E-state index contributed by atoms with van der Waals surface area (Å²) in [5.74, 6) is 0.210. The van der Waals surface area contributed by atoms with Gasteiger partial charge in [0.15, 0.2) is 11.5 Å². The molecule has 0 atom stereocenters. The first-order valence-corrected chi connectivity index (χ1v) is 5.41. The number of hydrogen-bond acceptors (Lipinski definition) is 4. The second-order valence-electron chi connectivity index (χ2n) is 3.29. The van der Waals surface area contributed by atoms with E-state index in [4.69, 9.17) is 21.1 Å². The Hall–Kier alpha value is -1.47. The minimum absolute atomic E-state index is 0.0561. The standard InChI is InChI=1S/C11H10ClF3O4/c1-17-9-5-7(6-16)4-8(12)10(9)18-2-3-19-11(13,14)15/h4-6H,2-3H2,1H3. The lowest BCUT2D eigenvalue weighted by molar-refractivity contribution is -0.325. The number of halogens is 4. The van der Waals surface area contributed by atoms with E-state index in [0.29, 0.717) is 6.29 Å². The molecule has 19 heavy (non-hydrogen) atoms. The van der Waals surface area contributed by atoms with Crippen LogP contribution in [0.3, 0.4) is 0 Å². The summed E-state index contributed by atoms with van der Waals surface area (Å²) in [6, 6.07) is 2.68. The first kappa shape index (κ1) is 15.6. The molecule has 0 aromatic heterocycles. The predicted molar refractivity (Wildman–Crippen MR) is 60.9 cm³/mol. The van der Waals surface area contributed by atoms with Crippen LogP contribution in [0.1, 0.15) is 10.4 Å². The molecule has 0 N–H and O–H groups in total. The maximum absolute atomic E-state index is 11.7. The average molecular weight is 299 g/mol. The van der Waals surface area contributed by atoms with Crippen molar-refractivity contribution in [3.8, 4) is 11.5 Å². The van der Waals surface area contributed by atoms with Crippen molar-refractivity contribution in [3.63, 3.8) is 0 Å². The van der Waals surface area contributed by atoms with Crippen molar-refractivity contribution >= 4 is 17.9 Å². The van der Waals surface area contributed by atoms with Gasteiger partial charge in [-0.05, 0) is 12.1 Å². The van der Waals surface area contributed by atoms with Gasteiger partial charge < -0.3 is 9.47 Å². The maximum atomic E-state index is 11.7. The molecule has 0 saturated heterocycles. The number of rotatable bonds is 6. The molecule has 4 nitrogen and oxygen atoms in total. The molecular formula is C11H10ClF3O4. The van der Waals surface area contributed by atoms with E-state index < -0.39 is 13.0 Å². The molecule has 0 aliphatic heterocycles. The zero-order valence-electron chi connectivity index (χ0n) is 9.79. The number of alkyl halides is 3.